The number of fused-ring (bicyclic) bond motifs is 1. The summed E-state index contributed by atoms with van der Waals surface area (Å²) in [7, 11) is 1.45. The van der Waals surface area contributed by atoms with Crippen molar-refractivity contribution >= 4 is 23.8 Å². The summed E-state index contributed by atoms with van der Waals surface area (Å²) in [6.07, 6.45) is 4.22. The molecule has 0 spiro atoms. The highest BCUT2D eigenvalue weighted by Gasteiger charge is 2.42. The van der Waals surface area contributed by atoms with E-state index >= 15 is 0 Å². The number of nitrogens with two attached hydrogens (primary N) is 1. The number of hydrogen-bond acceptors (Lipinski definition) is 6. The van der Waals surface area contributed by atoms with Gasteiger partial charge < -0.3 is 30.9 Å². The van der Waals surface area contributed by atoms with Gasteiger partial charge in [0.25, 0.3) is 0 Å². The predicted molar refractivity (Wildman–Crippen MR) is 149 cm³/mol. The number of nitrogens with one attached hydrogen (secondary N) is 2. The highest BCUT2D eigenvalue weighted by atomic mass is 16.6. The Morgan fingerprint density at radius 2 is 1.92 bits per heavy atom. The summed E-state index contributed by atoms with van der Waals surface area (Å²) in [6.45, 7) is 8.65. The second kappa shape index (κ2) is 12.6. The van der Waals surface area contributed by atoms with E-state index in [4.69, 9.17) is 10.5 Å². The van der Waals surface area contributed by atoms with Crippen LogP contribution >= 0.6 is 0 Å². The predicted octanol–water partition coefficient (Wildman–Crippen LogP) is 2.43. The van der Waals surface area contributed by atoms with Gasteiger partial charge in [-0.15, -0.1) is 0 Å². The maximum atomic E-state index is 13.8. The van der Waals surface area contributed by atoms with Crippen molar-refractivity contribution in [1.29, 1.82) is 0 Å². The van der Waals surface area contributed by atoms with Crippen molar-refractivity contribution in [3.63, 3.8) is 0 Å². The molecular weight excluding hydrogens is 498 g/mol. The third-order valence-corrected chi connectivity index (χ3v) is 7.15. The smallest absolute Gasteiger partial charge is 0.410 e. The summed E-state index contributed by atoms with van der Waals surface area (Å²) in [4.78, 5) is 55.0. The SMILES string of the molecule is C/C=C(\C)[C@H](NC(=O)CN(C)C(=O)OC(C)(C)C)C(=O)N1C[C@@H](N)C[C@H]1C(=O)N[C@@H]1CCCc2ccccc21. The molecule has 4 amide bonds. The molecule has 1 aliphatic carbocycles. The van der Waals surface area contributed by atoms with Crippen LogP contribution in [0.15, 0.2) is 35.9 Å². The molecule has 1 aliphatic heterocycles. The first-order valence-electron chi connectivity index (χ1n) is 13.6. The second-order valence-electron chi connectivity index (χ2n) is 11.5. The highest BCUT2D eigenvalue weighted by molar-refractivity contribution is 5.95. The van der Waals surface area contributed by atoms with Gasteiger partial charge >= 0.3 is 6.09 Å². The summed E-state index contributed by atoms with van der Waals surface area (Å²) in [5.41, 5.74) is 8.49. The zero-order valence-corrected chi connectivity index (χ0v) is 24.0. The molecule has 0 unspecified atom stereocenters. The normalized spacial score (nSPS) is 22.0. The van der Waals surface area contributed by atoms with Crippen molar-refractivity contribution in [2.75, 3.05) is 20.1 Å². The van der Waals surface area contributed by atoms with Gasteiger partial charge in [0.2, 0.25) is 17.7 Å². The minimum atomic E-state index is -0.995. The Morgan fingerprint density at radius 3 is 2.59 bits per heavy atom. The lowest BCUT2D eigenvalue weighted by Gasteiger charge is -2.32. The minimum absolute atomic E-state index is 0.118. The third-order valence-electron chi connectivity index (χ3n) is 7.15. The lowest BCUT2D eigenvalue weighted by atomic mass is 9.87. The van der Waals surface area contributed by atoms with Crippen LogP contribution in [-0.2, 0) is 25.5 Å². The van der Waals surface area contributed by atoms with Gasteiger partial charge in [-0.2, -0.15) is 0 Å². The Balaban J connectivity index is 1.71. The fourth-order valence-electron chi connectivity index (χ4n) is 5.06. The van der Waals surface area contributed by atoms with E-state index in [0.29, 0.717) is 12.0 Å². The molecule has 1 aromatic carbocycles. The molecule has 0 bridgehead atoms. The first-order chi connectivity index (χ1) is 18.3. The summed E-state index contributed by atoms with van der Waals surface area (Å²) in [5.74, 6) is -1.17. The third kappa shape index (κ3) is 7.81. The number of aryl methyl sites for hydroxylation is 1. The number of likely N-dealkylation sites (N-methyl/N-ethyl adjacent to an activating group) is 1. The molecule has 3 rings (SSSR count). The molecule has 10 heteroatoms. The Labute approximate surface area is 231 Å². The van der Waals surface area contributed by atoms with E-state index in [0.717, 1.165) is 29.7 Å². The van der Waals surface area contributed by atoms with E-state index in [-0.39, 0.29) is 31.1 Å². The van der Waals surface area contributed by atoms with Gasteiger partial charge in [-0.25, -0.2) is 4.79 Å². The van der Waals surface area contributed by atoms with Crippen LogP contribution in [0.3, 0.4) is 0 Å². The topological polar surface area (TPSA) is 134 Å². The molecular formula is C29H43N5O5. The first kappa shape index (κ1) is 30.1. The van der Waals surface area contributed by atoms with Gasteiger partial charge in [0.15, 0.2) is 0 Å². The Morgan fingerprint density at radius 1 is 1.23 bits per heavy atom. The Bertz CT molecular complexity index is 1110. The fourth-order valence-corrected chi connectivity index (χ4v) is 5.06. The fraction of sp³-hybridized carbons (Fsp3) is 0.586. The largest absolute Gasteiger partial charge is 0.444 e. The molecule has 0 aromatic heterocycles. The number of amides is 4. The molecule has 10 nitrogen and oxygen atoms in total. The summed E-state index contributed by atoms with van der Waals surface area (Å²) in [5, 5.41) is 5.90. The van der Waals surface area contributed by atoms with Crippen molar-refractivity contribution in [2.45, 2.75) is 90.1 Å². The van der Waals surface area contributed by atoms with Crippen LogP contribution in [0.5, 0.6) is 0 Å². The second-order valence-corrected chi connectivity index (χ2v) is 11.5. The Kier molecular flexibility index (Phi) is 9.77. The van der Waals surface area contributed by atoms with Crippen molar-refractivity contribution in [1.82, 2.24) is 20.4 Å². The zero-order chi connectivity index (χ0) is 28.9. The quantitative estimate of drug-likeness (QED) is 0.454. The highest BCUT2D eigenvalue weighted by Crippen LogP contribution is 2.30. The van der Waals surface area contributed by atoms with E-state index in [9.17, 15) is 19.2 Å². The molecule has 4 N–H and O–H groups in total. The van der Waals surface area contributed by atoms with Crippen LogP contribution in [0.25, 0.3) is 0 Å². The van der Waals surface area contributed by atoms with Gasteiger partial charge in [-0.1, -0.05) is 30.3 Å². The zero-order valence-electron chi connectivity index (χ0n) is 24.0. The van der Waals surface area contributed by atoms with Gasteiger partial charge in [0.1, 0.15) is 24.2 Å². The number of nitrogens with zero attached hydrogens (tertiary/aromatic N) is 2. The van der Waals surface area contributed by atoms with Crippen LogP contribution in [0.2, 0.25) is 0 Å². The van der Waals surface area contributed by atoms with E-state index in [1.54, 1.807) is 40.7 Å². The standard InChI is InChI=1S/C29H43N5O5/c1-7-18(2)25(32-24(35)17-33(6)28(38)39-29(3,4)5)27(37)34-16-20(30)15-23(34)26(36)31-22-14-10-12-19-11-8-9-13-21(19)22/h7-9,11,13,20,22-23,25H,10,12,14-17,30H2,1-6H3,(H,31,36)(H,32,35)/b18-7+/t20-,22+,23-,25-/m0/s1. The van der Waals surface area contributed by atoms with Gasteiger partial charge in [0, 0.05) is 19.6 Å². The lowest BCUT2D eigenvalue weighted by molar-refractivity contribution is -0.141. The van der Waals surface area contributed by atoms with Gasteiger partial charge in [-0.3, -0.25) is 14.4 Å². The number of benzene rings is 1. The number of rotatable bonds is 7. The minimum Gasteiger partial charge on any atom is -0.444 e. The van der Waals surface area contributed by atoms with Crippen LogP contribution in [-0.4, -0.2) is 77.5 Å². The summed E-state index contributed by atoms with van der Waals surface area (Å²) >= 11 is 0. The monoisotopic (exact) mass is 541 g/mol. The average molecular weight is 542 g/mol. The molecule has 1 saturated heterocycles. The molecule has 0 radical (unpaired) electrons. The summed E-state index contributed by atoms with van der Waals surface area (Å²) in [6, 6.07) is 5.89. The van der Waals surface area contributed by atoms with Crippen LogP contribution in [0.4, 0.5) is 4.79 Å². The summed E-state index contributed by atoms with van der Waals surface area (Å²) < 4.78 is 5.30. The molecule has 39 heavy (non-hydrogen) atoms. The van der Waals surface area contributed by atoms with E-state index < -0.39 is 35.6 Å². The van der Waals surface area contributed by atoms with Crippen molar-refractivity contribution in [3.05, 3.63) is 47.0 Å². The first-order valence-corrected chi connectivity index (χ1v) is 13.6. The average Bonchev–Trinajstić information content (AvgIpc) is 3.27. The molecule has 1 aromatic rings. The van der Waals surface area contributed by atoms with Crippen LogP contribution in [0, 0.1) is 0 Å². The maximum Gasteiger partial charge on any atom is 0.410 e. The van der Waals surface area contributed by atoms with Crippen LogP contribution < -0.4 is 16.4 Å². The number of carbonyl (C=O) groups is 4. The molecule has 4 atom stereocenters. The Hall–Kier alpha value is -3.40. The lowest BCUT2D eigenvalue weighted by Crippen LogP contribution is -2.55. The van der Waals surface area contributed by atoms with Gasteiger partial charge in [-0.05, 0) is 77.0 Å². The van der Waals surface area contributed by atoms with Crippen molar-refractivity contribution in [2.24, 2.45) is 5.73 Å². The maximum absolute atomic E-state index is 13.8. The molecule has 1 heterocycles. The number of hydrogen-bond donors (Lipinski definition) is 3. The van der Waals surface area contributed by atoms with E-state index in [1.165, 1.54) is 17.5 Å². The molecule has 2 aliphatic rings. The van der Waals surface area contributed by atoms with Crippen molar-refractivity contribution < 1.29 is 23.9 Å². The molecule has 0 saturated carbocycles. The van der Waals surface area contributed by atoms with Gasteiger partial charge in [0.05, 0.1) is 6.04 Å². The van der Waals surface area contributed by atoms with Crippen LogP contribution in [0.1, 0.15) is 71.0 Å². The van der Waals surface area contributed by atoms with E-state index in [1.807, 2.05) is 18.2 Å². The number of carbonyl (C=O) groups excluding carboxylic acids is 4. The number of allylic oxidation sites excluding steroid dienone is 1. The molecule has 1 fully saturated rings. The molecule has 214 valence electrons. The van der Waals surface area contributed by atoms with E-state index in [2.05, 4.69) is 16.7 Å². The van der Waals surface area contributed by atoms with Crippen molar-refractivity contribution in [3.8, 4) is 0 Å². The number of likely N-dealkylation sites (tertiary alicyclic amines) is 1. The number of ether oxygens (including phenoxy) is 1.